The van der Waals surface area contributed by atoms with Crippen LogP contribution >= 0.6 is 0 Å². The van der Waals surface area contributed by atoms with E-state index in [2.05, 4.69) is 9.80 Å². The molecule has 2 aromatic carbocycles. The van der Waals surface area contributed by atoms with Crippen molar-refractivity contribution in [2.24, 2.45) is 0 Å². The van der Waals surface area contributed by atoms with Crippen LogP contribution in [0.3, 0.4) is 0 Å². The number of non-ortho nitro benzene ring substituents is 1. The summed E-state index contributed by atoms with van der Waals surface area (Å²) in [5, 5.41) is 20.0. The predicted octanol–water partition coefficient (Wildman–Crippen LogP) is 2.62. The molecule has 0 amide bonds. The highest BCUT2D eigenvalue weighted by molar-refractivity contribution is 5.49. The smallest absolute Gasteiger partial charge is 0.269 e. The summed E-state index contributed by atoms with van der Waals surface area (Å²) in [4.78, 5) is 14.9. The molecule has 6 heteroatoms. The summed E-state index contributed by atoms with van der Waals surface area (Å²) >= 11 is 0. The van der Waals surface area contributed by atoms with E-state index in [1.807, 2.05) is 24.3 Å². The van der Waals surface area contributed by atoms with Crippen LogP contribution in [0.4, 0.5) is 11.4 Å². The molecule has 1 N–H and O–H groups in total. The van der Waals surface area contributed by atoms with Crippen LogP contribution in [0.15, 0.2) is 48.5 Å². The highest BCUT2D eigenvalue weighted by Crippen LogP contribution is 2.20. The molecule has 120 valence electrons. The summed E-state index contributed by atoms with van der Waals surface area (Å²) in [7, 11) is 0. The van der Waals surface area contributed by atoms with Gasteiger partial charge >= 0.3 is 0 Å². The van der Waals surface area contributed by atoms with Crippen LogP contribution in [0.2, 0.25) is 0 Å². The number of phenolic OH excluding ortho intramolecular Hbond substituents is 1. The lowest BCUT2D eigenvalue weighted by Crippen LogP contribution is -2.45. The van der Waals surface area contributed by atoms with E-state index in [1.165, 1.54) is 0 Å². The zero-order valence-corrected chi connectivity index (χ0v) is 12.8. The SMILES string of the molecule is O=[N+]([O-])c1ccc(CN2CCN(c3ccc(O)cc3)CC2)cc1. The van der Waals surface area contributed by atoms with Gasteiger partial charge in [-0.2, -0.15) is 0 Å². The van der Waals surface area contributed by atoms with Gasteiger partial charge in [0, 0.05) is 50.5 Å². The largest absolute Gasteiger partial charge is 0.508 e. The van der Waals surface area contributed by atoms with Crippen LogP contribution in [0.25, 0.3) is 0 Å². The molecule has 1 aliphatic heterocycles. The van der Waals surface area contributed by atoms with Gasteiger partial charge in [0.2, 0.25) is 0 Å². The van der Waals surface area contributed by atoms with Crippen molar-refractivity contribution in [3.63, 3.8) is 0 Å². The third-order valence-corrected chi connectivity index (χ3v) is 4.14. The minimum absolute atomic E-state index is 0.130. The maximum absolute atomic E-state index is 10.7. The first-order valence-corrected chi connectivity index (χ1v) is 7.61. The molecule has 0 aliphatic carbocycles. The standard InChI is InChI=1S/C17H19N3O3/c21-17-7-5-15(6-8-17)19-11-9-18(10-12-19)13-14-1-3-16(4-2-14)20(22)23/h1-8,21H,9-13H2. The number of hydrogen-bond donors (Lipinski definition) is 1. The second kappa shape index (κ2) is 6.66. The molecule has 1 saturated heterocycles. The molecule has 23 heavy (non-hydrogen) atoms. The molecule has 2 aromatic rings. The van der Waals surface area contributed by atoms with Gasteiger partial charge < -0.3 is 10.0 Å². The Kier molecular flexibility index (Phi) is 4.43. The number of aromatic hydroxyl groups is 1. The van der Waals surface area contributed by atoms with Crippen molar-refractivity contribution in [2.45, 2.75) is 6.54 Å². The Balaban J connectivity index is 1.54. The Morgan fingerprint density at radius 3 is 2.13 bits per heavy atom. The topological polar surface area (TPSA) is 69.9 Å². The summed E-state index contributed by atoms with van der Waals surface area (Å²) in [6.45, 7) is 4.55. The zero-order chi connectivity index (χ0) is 16.2. The van der Waals surface area contributed by atoms with Gasteiger partial charge in [0.25, 0.3) is 5.69 Å². The Labute approximate surface area is 134 Å². The molecule has 0 radical (unpaired) electrons. The van der Waals surface area contributed by atoms with Gasteiger partial charge in [-0.25, -0.2) is 0 Å². The van der Waals surface area contributed by atoms with Crippen LogP contribution in [-0.2, 0) is 6.54 Å². The minimum Gasteiger partial charge on any atom is -0.508 e. The van der Waals surface area contributed by atoms with Crippen molar-refractivity contribution in [2.75, 3.05) is 31.1 Å². The van der Waals surface area contributed by atoms with Crippen LogP contribution in [0.1, 0.15) is 5.56 Å². The summed E-state index contributed by atoms with van der Waals surface area (Å²) in [5.41, 5.74) is 2.34. The van der Waals surface area contributed by atoms with Gasteiger partial charge in [-0.05, 0) is 29.8 Å². The van der Waals surface area contributed by atoms with E-state index in [1.54, 1.807) is 24.3 Å². The van der Waals surface area contributed by atoms with Crippen LogP contribution in [0.5, 0.6) is 5.75 Å². The second-order valence-electron chi connectivity index (χ2n) is 5.70. The first-order chi connectivity index (χ1) is 11.1. The molecular weight excluding hydrogens is 294 g/mol. The third kappa shape index (κ3) is 3.78. The average molecular weight is 313 g/mol. The first-order valence-electron chi connectivity index (χ1n) is 7.61. The number of nitrogens with zero attached hydrogens (tertiary/aromatic N) is 3. The summed E-state index contributed by atoms with van der Waals surface area (Å²) in [6.07, 6.45) is 0. The van der Waals surface area contributed by atoms with Crippen LogP contribution < -0.4 is 4.90 Å². The van der Waals surface area contributed by atoms with Gasteiger partial charge in [0.1, 0.15) is 5.75 Å². The Morgan fingerprint density at radius 1 is 0.957 bits per heavy atom. The maximum atomic E-state index is 10.7. The minimum atomic E-state index is -0.375. The van der Waals surface area contributed by atoms with Gasteiger partial charge in [-0.15, -0.1) is 0 Å². The van der Waals surface area contributed by atoms with Crippen molar-refractivity contribution in [1.82, 2.24) is 4.90 Å². The lowest BCUT2D eigenvalue weighted by Gasteiger charge is -2.36. The summed E-state index contributed by atoms with van der Waals surface area (Å²) in [6, 6.07) is 14.0. The number of benzene rings is 2. The molecule has 3 rings (SSSR count). The molecule has 0 aromatic heterocycles. The van der Waals surface area contributed by atoms with Gasteiger partial charge in [0.05, 0.1) is 4.92 Å². The molecular formula is C17H19N3O3. The number of phenols is 1. The fourth-order valence-electron chi connectivity index (χ4n) is 2.81. The van der Waals surface area contributed by atoms with Gasteiger partial charge in [-0.1, -0.05) is 12.1 Å². The van der Waals surface area contributed by atoms with E-state index >= 15 is 0 Å². The van der Waals surface area contributed by atoms with Crippen molar-refractivity contribution < 1.29 is 10.0 Å². The lowest BCUT2D eigenvalue weighted by atomic mass is 10.1. The zero-order valence-electron chi connectivity index (χ0n) is 12.8. The number of hydrogen-bond acceptors (Lipinski definition) is 5. The van der Waals surface area contributed by atoms with Crippen LogP contribution in [0, 0.1) is 10.1 Å². The molecule has 1 fully saturated rings. The molecule has 0 spiro atoms. The average Bonchev–Trinajstić information content (AvgIpc) is 2.57. The van der Waals surface area contributed by atoms with Gasteiger partial charge in [0.15, 0.2) is 0 Å². The summed E-state index contributed by atoms with van der Waals surface area (Å²) in [5.74, 6) is 0.283. The Morgan fingerprint density at radius 2 is 1.57 bits per heavy atom. The normalized spacial score (nSPS) is 15.6. The maximum Gasteiger partial charge on any atom is 0.269 e. The first kappa shape index (κ1) is 15.3. The summed E-state index contributed by atoms with van der Waals surface area (Å²) < 4.78 is 0. The molecule has 1 heterocycles. The molecule has 0 bridgehead atoms. The van der Waals surface area contributed by atoms with Crippen molar-refractivity contribution in [3.8, 4) is 5.75 Å². The van der Waals surface area contributed by atoms with Crippen molar-refractivity contribution in [1.29, 1.82) is 0 Å². The molecule has 0 unspecified atom stereocenters. The monoisotopic (exact) mass is 313 g/mol. The van der Waals surface area contributed by atoms with E-state index in [0.29, 0.717) is 0 Å². The highest BCUT2D eigenvalue weighted by atomic mass is 16.6. The third-order valence-electron chi connectivity index (χ3n) is 4.14. The number of nitro groups is 1. The Hall–Kier alpha value is -2.60. The molecule has 6 nitrogen and oxygen atoms in total. The number of nitro benzene ring substituents is 1. The molecule has 1 aliphatic rings. The highest BCUT2D eigenvalue weighted by Gasteiger charge is 2.17. The van der Waals surface area contributed by atoms with Crippen LogP contribution in [-0.4, -0.2) is 41.1 Å². The fraction of sp³-hybridized carbons (Fsp3) is 0.294. The van der Waals surface area contributed by atoms with E-state index in [9.17, 15) is 15.2 Å². The predicted molar refractivity (Wildman–Crippen MR) is 88.7 cm³/mol. The fourth-order valence-corrected chi connectivity index (χ4v) is 2.81. The number of piperazine rings is 1. The van der Waals surface area contributed by atoms with E-state index in [4.69, 9.17) is 0 Å². The lowest BCUT2D eigenvalue weighted by molar-refractivity contribution is -0.384. The van der Waals surface area contributed by atoms with E-state index in [-0.39, 0.29) is 16.4 Å². The van der Waals surface area contributed by atoms with Crippen molar-refractivity contribution in [3.05, 3.63) is 64.2 Å². The Bertz CT molecular complexity index is 662. The quantitative estimate of drug-likeness (QED) is 0.694. The number of rotatable bonds is 4. The molecule has 0 saturated carbocycles. The molecule has 0 atom stereocenters. The van der Waals surface area contributed by atoms with E-state index < -0.39 is 0 Å². The van der Waals surface area contributed by atoms with Crippen molar-refractivity contribution >= 4 is 11.4 Å². The van der Waals surface area contributed by atoms with Gasteiger partial charge in [-0.3, -0.25) is 15.0 Å². The second-order valence-corrected chi connectivity index (χ2v) is 5.70. The number of anilines is 1. The van der Waals surface area contributed by atoms with E-state index in [0.717, 1.165) is 44.0 Å².